The Morgan fingerprint density at radius 2 is 1.80 bits per heavy atom. The monoisotopic (exact) mass is 353 g/mol. The molecular weight excluding hydrogens is 334 g/mol. The molecule has 5 nitrogen and oxygen atoms in total. The second kappa shape index (κ2) is 7.49. The maximum Gasteiger partial charge on any atom is 0.249 e. The molecule has 3 rings (SSSR count). The maximum atomic E-state index is 6.18. The number of para-hydroxylation sites is 2. The Balaban J connectivity index is 1.87. The van der Waals surface area contributed by atoms with Crippen LogP contribution >= 0.6 is 11.6 Å². The number of nitrogens with zero attached hydrogens (tertiary/aromatic N) is 3. The van der Waals surface area contributed by atoms with E-state index in [1.807, 2.05) is 24.3 Å². The fraction of sp³-hybridized carbons (Fsp3) is 0.211. The van der Waals surface area contributed by atoms with E-state index in [1.54, 1.807) is 6.20 Å². The van der Waals surface area contributed by atoms with Gasteiger partial charge in [0, 0.05) is 5.69 Å². The van der Waals surface area contributed by atoms with Crippen LogP contribution in [0.4, 0.5) is 23.1 Å². The Hall–Kier alpha value is -2.66. The van der Waals surface area contributed by atoms with E-state index in [9.17, 15) is 0 Å². The molecule has 2 aromatic carbocycles. The lowest BCUT2D eigenvalue weighted by molar-refractivity contribution is 0.865. The average Bonchev–Trinajstić information content (AvgIpc) is 2.59. The van der Waals surface area contributed by atoms with Crippen molar-refractivity contribution < 1.29 is 0 Å². The molecule has 0 saturated carbocycles. The van der Waals surface area contributed by atoms with E-state index in [-0.39, 0.29) is 0 Å². The van der Waals surface area contributed by atoms with Crippen molar-refractivity contribution in [1.29, 1.82) is 0 Å². The number of benzene rings is 2. The van der Waals surface area contributed by atoms with Crippen molar-refractivity contribution in [3.63, 3.8) is 0 Å². The zero-order valence-electron chi connectivity index (χ0n) is 14.4. The number of rotatable bonds is 5. The topological polar surface area (TPSA) is 62.7 Å². The zero-order chi connectivity index (χ0) is 17.8. The van der Waals surface area contributed by atoms with Gasteiger partial charge in [0.25, 0.3) is 0 Å². The minimum atomic E-state index is 0.389. The van der Waals surface area contributed by atoms with Gasteiger partial charge in [-0.25, -0.2) is 0 Å². The first-order chi connectivity index (χ1) is 12.0. The highest BCUT2D eigenvalue weighted by atomic mass is 35.5. The molecule has 1 heterocycles. The largest absolute Gasteiger partial charge is 0.338 e. The summed E-state index contributed by atoms with van der Waals surface area (Å²) in [6, 6.07) is 13.7. The molecule has 1 aromatic heterocycles. The summed E-state index contributed by atoms with van der Waals surface area (Å²) in [5.41, 5.74) is 4.15. The Kier molecular flexibility index (Phi) is 5.14. The Labute approximate surface area is 152 Å². The van der Waals surface area contributed by atoms with Crippen molar-refractivity contribution in [3.05, 3.63) is 64.8 Å². The molecule has 0 spiro atoms. The smallest absolute Gasteiger partial charge is 0.249 e. The van der Waals surface area contributed by atoms with Crippen molar-refractivity contribution >= 4 is 34.7 Å². The van der Waals surface area contributed by atoms with Gasteiger partial charge < -0.3 is 10.6 Å². The summed E-state index contributed by atoms with van der Waals surface area (Å²) in [4.78, 5) is 4.49. The van der Waals surface area contributed by atoms with Gasteiger partial charge in [0.2, 0.25) is 5.95 Å². The molecule has 6 heteroatoms. The number of aromatic nitrogens is 3. The highest BCUT2D eigenvalue weighted by Gasteiger charge is 2.11. The first kappa shape index (κ1) is 17.2. The van der Waals surface area contributed by atoms with Crippen molar-refractivity contribution in [1.82, 2.24) is 15.2 Å². The first-order valence-corrected chi connectivity index (χ1v) is 8.50. The molecule has 128 valence electrons. The molecule has 3 aromatic rings. The third-order valence-corrected chi connectivity index (χ3v) is 4.19. The van der Waals surface area contributed by atoms with Crippen LogP contribution in [-0.2, 0) is 0 Å². The van der Waals surface area contributed by atoms with Crippen LogP contribution < -0.4 is 10.6 Å². The predicted molar refractivity (Wildman–Crippen MR) is 103 cm³/mol. The van der Waals surface area contributed by atoms with Crippen molar-refractivity contribution in [2.24, 2.45) is 0 Å². The molecule has 0 unspecified atom stereocenters. The number of halogens is 1. The van der Waals surface area contributed by atoms with E-state index in [0.717, 1.165) is 16.9 Å². The number of hydrogen-bond donors (Lipinski definition) is 2. The molecule has 0 atom stereocenters. The average molecular weight is 354 g/mol. The van der Waals surface area contributed by atoms with Crippen molar-refractivity contribution in [2.75, 3.05) is 10.6 Å². The van der Waals surface area contributed by atoms with Crippen LogP contribution in [0.3, 0.4) is 0 Å². The van der Waals surface area contributed by atoms with Gasteiger partial charge in [-0.05, 0) is 36.1 Å². The van der Waals surface area contributed by atoms with Gasteiger partial charge in [-0.2, -0.15) is 10.1 Å². The molecule has 0 bridgehead atoms. The fourth-order valence-electron chi connectivity index (χ4n) is 2.57. The maximum absolute atomic E-state index is 6.18. The van der Waals surface area contributed by atoms with Crippen LogP contribution in [0.2, 0.25) is 5.02 Å². The fourth-order valence-corrected chi connectivity index (χ4v) is 2.75. The summed E-state index contributed by atoms with van der Waals surface area (Å²) in [6.45, 7) is 6.39. The van der Waals surface area contributed by atoms with E-state index in [2.05, 4.69) is 64.8 Å². The van der Waals surface area contributed by atoms with E-state index in [1.165, 1.54) is 5.56 Å². The molecule has 0 aliphatic carbocycles. The second-order valence-electron chi connectivity index (χ2n) is 6.09. The predicted octanol–water partition coefficient (Wildman–Crippen LogP) is 5.44. The van der Waals surface area contributed by atoms with Crippen LogP contribution in [0.1, 0.15) is 30.9 Å². The van der Waals surface area contributed by atoms with Gasteiger partial charge in [0.1, 0.15) is 0 Å². The lowest BCUT2D eigenvalue weighted by Gasteiger charge is -2.16. The minimum Gasteiger partial charge on any atom is -0.338 e. The lowest BCUT2D eigenvalue weighted by atomic mass is 9.98. The summed E-state index contributed by atoms with van der Waals surface area (Å²) in [6.07, 6.45) is 1.57. The van der Waals surface area contributed by atoms with E-state index < -0.39 is 0 Å². The van der Waals surface area contributed by atoms with Crippen LogP contribution in [0.25, 0.3) is 0 Å². The van der Waals surface area contributed by atoms with Gasteiger partial charge in [0.15, 0.2) is 5.82 Å². The summed E-state index contributed by atoms with van der Waals surface area (Å²) in [5, 5.41) is 15.2. The molecule has 0 aliphatic heterocycles. The molecule has 0 radical (unpaired) electrons. The molecule has 0 fully saturated rings. The number of aryl methyl sites for hydroxylation is 1. The molecule has 0 amide bonds. The number of hydrogen-bond acceptors (Lipinski definition) is 5. The molecular formula is C19H20ClN5. The highest BCUT2D eigenvalue weighted by molar-refractivity contribution is 6.33. The van der Waals surface area contributed by atoms with Crippen LogP contribution in [0, 0.1) is 6.92 Å². The molecule has 0 aliphatic rings. The summed E-state index contributed by atoms with van der Waals surface area (Å²) >= 11 is 6.18. The van der Waals surface area contributed by atoms with Gasteiger partial charge >= 0.3 is 0 Å². The summed E-state index contributed by atoms with van der Waals surface area (Å²) < 4.78 is 0. The molecule has 0 saturated heterocycles. The third-order valence-electron chi connectivity index (χ3n) is 3.86. The lowest BCUT2D eigenvalue weighted by Crippen LogP contribution is -2.06. The number of anilines is 4. The second-order valence-corrected chi connectivity index (χ2v) is 6.50. The standard InChI is InChI=1S/C19H20ClN5/c1-12(2)14-8-6-7-13(3)18(14)24-19-23-17(11-21-25-19)22-16-10-5-4-9-15(16)20/h4-12H,1-3H3,(H2,22,23,24,25). The third kappa shape index (κ3) is 4.06. The van der Waals surface area contributed by atoms with Crippen molar-refractivity contribution in [3.8, 4) is 0 Å². The van der Waals surface area contributed by atoms with E-state index in [0.29, 0.717) is 22.7 Å². The Morgan fingerprint density at radius 1 is 1.00 bits per heavy atom. The Morgan fingerprint density at radius 3 is 2.56 bits per heavy atom. The minimum absolute atomic E-state index is 0.389. The highest BCUT2D eigenvalue weighted by Crippen LogP contribution is 2.29. The van der Waals surface area contributed by atoms with Crippen LogP contribution in [0.15, 0.2) is 48.7 Å². The van der Waals surface area contributed by atoms with Crippen molar-refractivity contribution in [2.45, 2.75) is 26.7 Å². The van der Waals surface area contributed by atoms with E-state index in [4.69, 9.17) is 11.6 Å². The quantitative estimate of drug-likeness (QED) is 0.639. The SMILES string of the molecule is Cc1cccc(C(C)C)c1Nc1nncc(Nc2ccccc2Cl)n1. The number of nitrogens with one attached hydrogen (secondary N) is 2. The molecule has 25 heavy (non-hydrogen) atoms. The van der Waals surface area contributed by atoms with Gasteiger partial charge in [-0.3, -0.25) is 0 Å². The zero-order valence-corrected chi connectivity index (χ0v) is 15.2. The van der Waals surface area contributed by atoms with Gasteiger partial charge in [-0.1, -0.05) is 55.8 Å². The molecule has 2 N–H and O–H groups in total. The summed E-state index contributed by atoms with van der Waals surface area (Å²) in [7, 11) is 0. The Bertz CT molecular complexity index is 879. The van der Waals surface area contributed by atoms with Gasteiger partial charge in [0.05, 0.1) is 16.9 Å². The first-order valence-electron chi connectivity index (χ1n) is 8.12. The van der Waals surface area contributed by atoms with E-state index >= 15 is 0 Å². The normalized spacial score (nSPS) is 10.8. The van der Waals surface area contributed by atoms with Crippen LogP contribution in [0.5, 0.6) is 0 Å². The summed E-state index contributed by atoms with van der Waals surface area (Å²) in [5.74, 6) is 1.40. The van der Waals surface area contributed by atoms with Crippen LogP contribution in [-0.4, -0.2) is 15.2 Å². The van der Waals surface area contributed by atoms with Gasteiger partial charge in [-0.15, -0.1) is 5.10 Å².